The van der Waals surface area contributed by atoms with Crippen LogP contribution in [0.15, 0.2) is 24.3 Å². The number of carbonyl (C=O) groups excluding carboxylic acids is 2. The van der Waals surface area contributed by atoms with Gasteiger partial charge in [0.2, 0.25) is 0 Å². The number of aromatic nitrogens is 1. The third kappa shape index (κ3) is 3.46. The van der Waals surface area contributed by atoms with Crippen LogP contribution in [0.5, 0.6) is 0 Å². The number of ether oxygens (including phenoxy) is 1. The summed E-state index contributed by atoms with van der Waals surface area (Å²) in [5.74, 6) is 0.455. The first kappa shape index (κ1) is 18.0. The van der Waals surface area contributed by atoms with Gasteiger partial charge in [0, 0.05) is 23.0 Å². The summed E-state index contributed by atoms with van der Waals surface area (Å²) in [6.45, 7) is 5.22. The standard InChI is InChI=1S/C21H27N3O3/c1-14-7-9-23(10-8-14)13-20(25)24-12-18-16(11-19(24)21(26)27-2)15-5-3-4-6-17(15)22-18/h3-6,14,19,22H,7-13H2,1-2H3/p+1/t19-/m0/s1. The number of nitrogens with one attached hydrogen (secondary N) is 2. The minimum atomic E-state index is -0.544. The fourth-order valence-corrected chi connectivity index (χ4v) is 4.48. The topological polar surface area (TPSA) is 66.8 Å². The van der Waals surface area contributed by atoms with Crippen molar-refractivity contribution in [1.82, 2.24) is 9.88 Å². The van der Waals surface area contributed by atoms with E-state index in [2.05, 4.69) is 18.0 Å². The van der Waals surface area contributed by atoms with Crippen LogP contribution in [0.1, 0.15) is 31.0 Å². The van der Waals surface area contributed by atoms with Crippen LogP contribution in [0.25, 0.3) is 10.9 Å². The highest BCUT2D eigenvalue weighted by atomic mass is 16.5. The van der Waals surface area contributed by atoms with Crippen molar-refractivity contribution in [3.63, 3.8) is 0 Å². The summed E-state index contributed by atoms with van der Waals surface area (Å²) in [5, 5.41) is 1.13. The number of carbonyl (C=O) groups is 2. The number of hydrogen-bond donors (Lipinski definition) is 2. The number of amides is 1. The fourth-order valence-electron chi connectivity index (χ4n) is 4.48. The van der Waals surface area contributed by atoms with Crippen LogP contribution in [0.2, 0.25) is 0 Å². The molecule has 2 aromatic rings. The van der Waals surface area contributed by atoms with Gasteiger partial charge >= 0.3 is 5.97 Å². The van der Waals surface area contributed by atoms with E-state index in [0.29, 0.717) is 19.5 Å². The Hall–Kier alpha value is -2.34. The zero-order valence-corrected chi connectivity index (χ0v) is 16.1. The van der Waals surface area contributed by atoms with Crippen LogP contribution in [0, 0.1) is 5.92 Å². The molecule has 2 aliphatic rings. The molecule has 0 aliphatic carbocycles. The van der Waals surface area contributed by atoms with E-state index in [1.54, 1.807) is 4.90 Å². The number of hydrogen-bond acceptors (Lipinski definition) is 3. The molecule has 27 heavy (non-hydrogen) atoms. The maximum atomic E-state index is 13.1. The molecule has 1 saturated heterocycles. The molecule has 1 aromatic heterocycles. The molecule has 6 heteroatoms. The number of para-hydroxylation sites is 1. The lowest BCUT2D eigenvalue weighted by Crippen LogP contribution is -3.14. The maximum Gasteiger partial charge on any atom is 0.328 e. The third-order valence-corrected chi connectivity index (χ3v) is 6.18. The van der Waals surface area contributed by atoms with Crippen molar-refractivity contribution in [2.45, 2.75) is 38.8 Å². The molecule has 1 aromatic carbocycles. The Labute approximate surface area is 159 Å². The quantitative estimate of drug-likeness (QED) is 0.790. The molecule has 1 fully saturated rings. The molecule has 0 radical (unpaired) electrons. The van der Waals surface area contributed by atoms with E-state index in [4.69, 9.17) is 4.74 Å². The van der Waals surface area contributed by atoms with Gasteiger partial charge in [-0.2, -0.15) is 0 Å². The van der Waals surface area contributed by atoms with Gasteiger partial charge in [-0.3, -0.25) is 4.79 Å². The molecule has 0 unspecified atom stereocenters. The number of benzene rings is 1. The van der Waals surface area contributed by atoms with Gasteiger partial charge < -0.3 is 19.5 Å². The molecule has 144 valence electrons. The number of aromatic amines is 1. The molecule has 2 N–H and O–H groups in total. The zero-order chi connectivity index (χ0) is 19.0. The van der Waals surface area contributed by atoms with Gasteiger partial charge in [0.1, 0.15) is 6.04 Å². The normalized spacial score (nSPS) is 25.3. The highest BCUT2D eigenvalue weighted by Gasteiger charge is 2.38. The Morgan fingerprint density at radius 3 is 2.74 bits per heavy atom. The van der Waals surface area contributed by atoms with Gasteiger partial charge in [0.05, 0.1) is 26.7 Å². The predicted octanol–water partition coefficient (Wildman–Crippen LogP) is 0.909. The smallest absolute Gasteiger partial charge is 0.328 e. The molecule has 3 heterocycles. The van der Waals surface area contributed by atoms with E-state index in [1.807, 2.05) is 18.2 Å². The molecule has 0 bridgehead atoms. The zero-order valence-electron chi connectivity index (χ0n) is 16.1. The number of nitrogens with zero attached hydrogens (tertiary/aromatic N) is 1. The molecule has 4 rings (SSSR count). The maximum absolute atomic E-state index is 13.1. The lowest BCUT2D eigenvalue weighted by atomic mass is 9.96. The van der Waals surface area contributed by atoms with E-state index >= 15 is 0 Å². The molecular weight excluding hydrogens is 342 g/mol. The second-order valence-corrected chi connectivity index (χ2v) is 8.00. The van der Waals surface area contributed by atoms with E-state index in [0.717, 1.165) is 54.0 Å². The van der Waals surface area contributed by atoms with Crippen LogP contribution in [0.4, 0.5) is 0 Å². The van der Waals surface area contributed by atoms with Gasteiger partial charge in [0.15, 0.2) is 6.54 Å². The van der Waals surface area contributed by atoms with E-state index in [1.165, 1.54) is 12.0 Å². The summed E-state index contributed by atoms with van der Waals surface area (Å²) in [5.41, 5.74) is 3.22. The number of piperidine rings is 1. The van der Waals surface area contributed by atoms with Gasteiger partial charge in [-0.25, -0.2) is 4.79 Å². The summed E-state index contributed by atoms with van der Waals surface area (Å²) in [7, 11) is 1.40. The largest absolute Gasteiger partial charge is 0.467 e. The van der Waals surface area contributed by atoms with Crippen molar-refractivity contribution in [1.29, 1.82) is 0 Å². The lowest BCUT2D eigenvalue weighted by Gasteiger charge is -2.35. The van der Waals surface area contributed by atoms with E-state index in [-0.39, 0.29) is 11.9 Å². The van der Waals surface area contributed by atoms with Crippen molar-refractivity contribution < 1.29 is 19.2 Å². The fraction of sp³-hybridized carbons (Fsp3) is 0.524. The summed E-state index contributed by atoms with van der Waals surface area (Å²) in [6.07, 6.45) is 2.83. The molecule has 6 nitrogen and oxygen atoms in total. The number of H-pyrrole nitrogens is 1. The van der Waals surface area contributed by atoms with Gasteiger partial charge in [-0.15, -0.1) is 0 Å². The van der Waals surface area contributed by atoms with Crippen LogP contribution in [0.3, 0.4) is 0 Å². The molecule has 2 aliphatic heterocycles. The molecule has 0 spiro atoms. The van der Waals surface area contributed by atoms with E-state index < -0.39 is 6.04 Å². The van der Waals surface area contributed by atoms with Crippen molar-refractivity contribution in [3.05, 3.63) is 35.5 Å². The predicted molar refractivity (Wildman–Crippen MR) is 102 cm³/mol. The highest BCUT2D eigenvalue weighted by molar-refractivity contribution is 5.90. The summed E-state index contributed by atoms with van der Waals surface area (Å²) >= 11 is 0. The van der Waals surface area contributed by atoms with E-state index in [9.17, 15) is 9.59 Å². The lowest BCUT2D eigenvalue weighted by molar-refractivity contribution is -0.898. The summed E-state index contributed by atoms with van der Waals surface area (Å²) in [6, 6.07) is 7.55. The number of fused-ring (bicyclic) bond motifs is 3. The number of quaternary nitrogens is 1. The Kier molecular flexibility index (Phi) is 4.91. The number of esters is 1. The molecule has 1 amide bonds. The minimum Gasteiger partial charge on any atom is -0.467 e. The summed E-state index contributed by atoms with van der Waals surface area (Å²) < 4.78 is 5.03. The first-order chi connectivity index (χ1) is 13.1. The molecular formula is C21H28N3O3+. The van der Waals surface area contributed by atoms with Crippen molar-refractivity contribution in [2.24, 2.45) is 5.92 Å². The number of likely N-dealkylation sites (tertiary alicyclic amines) is 1. The summed E-state index contributed by atoms with van der Waals surface area (Å²) in [4.78, 5) is 32.0. The Morgan fingerprint density at radius 2 is 2.00 bits per heavy atom. The monoisotopic (exact) mass is 370 g/mol. The Morgan fingerprint density at radius 1 is 1.26 bits per heavy atom. The first-order valence-corrected chi connectivity index (χ1v) is 9.86. The van der Waals surface area contributed by atoms with Crippen LogP contribution in [-0.4, -0.2) is 54.5 Å². The van der Waals surface area contributed by atoms with Gasteiger partial charge in [-0.05, 0) is 30.4 Å². The number of methoxy groups -OCH3 is 1. The second-order valence-electron chi connectivity index (χ2n) is 8.00. The van der Waals surface area contributed by atoms with Gasteiger partial charge in [0.25, 0.3) is 5.91 Å². The average molecular weight is 370 g/mol. The molecule has 0 saturated carbocycles. The SMILES string of the molecule is COC(=O)[C@@H]1Cc2c([nH]c3ccccc23)CN1C(=O)C[NH+]1CCC(C)CC1. The highest BCUT2D eigenvalue weighted by Crippen LogP contribution is 2.30. The third-order valence-electron chi connectivity index (χ3n) is 6.18. The average Bonchev–Trinajstić information content (AvgIpc) is 3.05. The van der Waals surface area contributed by atoms with Crippen LogP contribution >= 0.6 is 0 Å². The van der Waals surface area contributed by atoms with Crippen molar-refractivity contribution >= 4 is 22.8 Å². The second kappa shape index (κ2) is 7.35. The van der Waals surface area contributed by atoms with Gasteiger partial charge in [-0.1, -0.05) is 25.1 Å². The van der Waals surface area contributed by atoms with Crippen molar-refractivity contribution in [2.75, 3.05) is 26.7 Å². The Bertz CT molecular complexity index is 851. The van der Waals surface area contributed by atoms with Crippen LogP contribution in [-0.2, 0) is 27.3 Å². The van der Waals surface area contributed by atoms with Crippen molar-refractivity contribution in [3.8, 4) is 0 Å². The minimum absolute atomic E-state index is 0.0410. The molecule has 1 atom stereocenters. The Balaban J connectivity index is 1.58. The first-order valence-electron chi connectivity index (χ1n) is 9.86. The van der Waals surface area contributed by atoms with Crippen LogP contribution < -0.4 is 4.90 Å². The number of rotatable bonds is 3.